The number of nitrogen functional groups attached to an aromatic ring is 1. The fourth-order valence-corrected chi connectivity index (χ4v) is 2.91. The second-order valence-electron chi connectivity index (χ2n) is 5.56. The van der Waals surface area contributed by atoms with E-state index in [0.29, 0.717) is 5.92 Å². The zero-order valence-electron chi connectivity index (χ0n) is 13.0. The predicted octanol–water partition coefficient (Wildman–Crippen LogP) is 4.71. The summed E-state index contributed by atoms with van der Waals surface area (Å²) in [6, 6.07) is 6.13. The first kappa shape index (κ1) is 14.9. The van der Waals surface area contributed by atoms with Crippen molar-refractivity contribution in [3.63, 3.8) is 0 Å². The number of anilines is 1. The second-order valence-corrected chi connectivity index (χ2v) is 5.56. The van der Waals surface area contributed by atoms with E-state index in [2.05, 4.69) is 31.4 Å². The lowest BCUT2D eigenvalue weighted by Gasteiger charge is -2.15. The Bertz CT molecular complexity index is 553. The first-order chi connectivity index (χ1) is 9.72. The number of rotatable bonds is 7. The van der Waals surface area contributed by atoms with Gasteiger partial charge in [0, 0.05) is 12.5 Å². The van der Waals surface area contributed by atoms with E-state index in [1.54, 1.807) is 0 Å². The summed E-state index contributed by atoms with van der Waals surface area (Å²) in [5, 5.41) is 0. The molecule has 2 rings (SSSR count). The van der Waals surface area contributed by atoms with Gasteiger partial charge in [-0.2, -0.15) is 0 Å². The van der Waals surface area contributed by atoms with Gasteiger partial charge in [-0.3, -0.25) is 0 Å². The number of benzene rings is 1. The van der Waals surface area contributed by atoms with E-state index in [0.717, 1.165) is 30.6 Å². The lowest BCUT2D eigenvalue weighted by Crippen LogP contribution is -2.08. The number of para-hydroxylation sites is 1. The highest BCUT2D eigenvalue weighted by atomic mass is 15.1. The highest BCUT2D eigenvalue weighted by molar-refractivity contribution is 5.87. The van der Waals surface area contributed by atoms with E-state index in [1.807, 2.05) is 12.1 Å². The third kappa shape index (κ3) is 2.82. The van der Waals surface area contributed by atoms with Crippen molar-refractivity contribution >= 4 is 16.7 Å². The molecule has 0 saturated carbocycles. The van der Waals surface area contributed by atoms with Gasteiger partial charge in [0.15, 0.2) is 0 Å². The summed E-state index contributed by atoms with van der Waals surface area (Å²) >= 11 is 0. The standard InChI is InChI=1S/C17H27N3/c1-4-7-8-12-20-15-11-9-10-14(18)16(15)19-17(20)13(5-2)6-3/h9-11,13H,4-8,12,18H2,1-3H3. The maximum atomic E-state index is 6.10. The topological polar surface area (TPSA) is 43.8 Å². The van der Waals surface area contributed by atoms with Crippen molar-refractivity contribution in [2.24, 2.45) is 0 Å². The van der Waals surface area contributed by atoms with Gasteiger partial charge in [0.05, 0.1) is 11.2 Å². The summed E-state index contributed by atoms with van der Waals surface area (Å²) in [6.45, 7) is 7.78. The summed E-state index contributed by atoms with van der Waals surface area (Å²) in [5.74, 6) is 1.75. The first-order valence-electron chi connectivity index (χ1n) is 7.97. The number of fused-ring (bicyclic) bond motifs is 1. The predicted molar refractivity (Wildman–Crippen MR) is 87.0 cm³/mol. The molecule has 0 atom stereocenters. The zero-order chi connectivity index (χ0) is 14.5. The number of unbranched alkanes of at least 4 members (excludes halogenated alkanes) is 2. The molecule has 0 aliphatic carbocycles. The molecule has 0 fully saturated rings. The highest BCUT2D eigenvalue weighted by Gasteiger charge is 2.18. The van der Waals surface area contributed by atoms with Gasteiger partial charge in [-0.05, 0) is 31.4 Å². The van der Waals surface area contributed by atoms with E-state index < -0.39 is 0 Å². The van der Waals surface area contributed by atoms with Crippen molar-refractivity contribution in [1.29, 1.82) is 0 Å². The van der Waals surface area contributed by atoms with E-state index in [9.17, 15) is 0 Å². The molecule has 110 valence electrons. The van der Waals surface area contributed by atoms with Gasteiger partial charge >= 0.3 is 0 Å². The minimum atomic E-state index is 0.531. The molecule has 0 amide bonds. The molecule has 3 heteroatoms. The number of hydrogen-bond acceptors (Lipinski definition) is 2. The molecule has 0 aliphatic rings. The fraction of sp³-hybridized carbons (Fsp3) is 0.588. The van der Waals surface area contributed by atoms with Crippen molar-refractivity contribution in [3.05, 3.63) is 24.0 Å². The Kier molecular flexibility index (Phi) is 5.05. The van der Waals surface area contributed by atoms with Crippen LogP contribution >= 0.6 is 0 Å². The normalized spacial score (nSPS) is 11.6. The lowest BCUT2D eigenvalue weighted by molar-refractivity contribution is 0.531. The Labute approximate surface area is 122 Å². The number of nitrogens with two attached hydrogens (primary N) is 1. The van der Waals surface area contributed by atoms with Crippen LogP contribution in [0.15, 0.2) is 18.2 Å². The largest absolute Gasteiger partial charge is 0.397 e. The molecule has 0 spiro atoms. The number of nitrogens with zero attached hydrogens (tertiary/aromatic N) is 2. The van der Waals surface area contributed by atoms with Crippen LogP contribution in [0.4, 0.5) is 5.69 Å². The maximum absolute atomic E-state index is 6.10. The van der Waals surface area contributed by atoms with Crippen LogP contribution in [0.3, 0.4) is 0 Å². The SMILES string of the molecule is CCCCCn1c(C(CC)CC)nc2c(N)cccc21. The van der Waals surface area contributed by atoms with Gasteiger partial charge in [0.25, 0.3) is 0 Å². The van der Waals surface area contributed by atoms with Crippen LogP contribution in [0.1, 0.15) is 64.6 Å². The number of aryl methyl sites for hydroxylation is 1. The van der Waals surface area contributed by atoms with Gasteiger partial charge in [0.2, 0.25) is 0 Å². The van der Waals surface area contributed by atoms with Crippen molar-refractivity contribution in [2.75, 3.05) is 5.73 Å². The van der Waals surface area contributed by atoms with Crippen LogP contribution in [0.2, 0.25) is 0 Å². The molecule has 1 aromatic heterocycles. The number of hydrogen-bond donors (Lipinski definition) is 1. The summed E-state index contributed by atoms with van der Waals surface area (Å²) in [6.07, 6.45) is 5.99. The van der Waals surface area contributed by atoms with Crippen LogP contribution in [-0.4, -0.2) is 9.55 Å². The maximum Gasteiger partial charge on any atom is 0.113 e. The average Bonchev–Trinajstić information content (AvgIpc) is 2.81. The van der Waals surface area contributed by atoms with Crippen LogP contribution in [-0.2, 0) is 6.54 Å². The minimum Gasteiger partial charge on any atom is -0.397 e. The van der Waals surface area contributed by atoms with Gasteiger partial charge in [-0.1, -0.05) is 39.7 Å². The van der Waals surface area contributed by atoms with Gasteiger partial charge in [0.1, 0.15) is 11.3 Å². The minimum absolute atomic E-state index is 0.531. The Hall–Kier alpha value is -1.51. The summed E-state index contributed by atoms with van der Waals surface area (Å²) in [7, 11) is 0. The smallest absolute Gasteiger partial charge is 0.113 e. The Morgan fingerprint density at radius 2 is 1.90 bits per heavy atom. The molecule has 0 saturated heterocycles. The quantitative estimate of drug-likeness (QED) is 0.586. The third-order valence-corrected chi connectivity index (χ3v) is 4.18. The van der Waals surface area contributed by atoms with Crippen LogP contribution in [0.25, 0.3) is 11.0 Å². The Balaban J connectivity index is 2.47. The zero-order valence-corrected chi connectivity index (χ0v) is 13.0. The van der Waals surface area contributed by atoms with Gasteiger partial charge in [-0.25, -0.2) is 4.98 Å². The van der Waals surface area contributed by atoms with Gasteiger partial charge in [-0.15, -0.1) is 0 Å². The average molecular weight is 273 g/mol. The number of aromatic nitrogens is 2. The van der Waals surface area contributed by atoms with Gasteiger partial charge < -0.3 is 10.3 Å². The monoisotopic (exact) mass is 273 g/mol. The van der Waals surface area contributed by atoms with Crippen molar-refractivity contribution in [2.45, 2.75) is 65.3 Å². The molecular weight excluding hydrogens is 246 g/mol. The molecule has 20 heavy (non-hydrogen) atoms. The molecule has 2 N–H and O–H groups in total. The van der Waals surface area contributed by atoms with Crippen LogP contribution < -0.4 is 5.73 Å². The van der Waals surface area contributed by atoms with Crippen molar-refractivity contribution in [1.82, 2.24) is 9.55 Å². The Morgan fingerprint density at radius 3 is 2.55 bits per heavy atom. The molecular formula is C17H27N3. The Morgan fingerprint density at radius 1 is 1.15 bits per heavy atom. The van der Waals surface area contributed by atoms with Crippen molar-refractivity contribution < 1.29 is 0 Å². The summed E-state index contributed by atoms with van der Waals surface area (Å²) in [5.41, 5.74) is 9.07. The molecule has 1 heterocycles. The van der Waals surface area contributed by atoms with E-state index >= 15 is 0 Å². The lowest BCUT2D eigenvalue weighted by atomic mass is 10.0. The molecule has 0 radical (unpaired) electrons. The first-order valence-corrected chi connectivity index (χ1v) is 7.97. The van der Waals surface area contributed by atoms with E-state index in [-0.39, 0.29) is 0 Å². The molecule has 1 aromatic carbocycles. The molecule has 3 nitrogen and oxygen atoms in total. The fourth-order valence-electron chi connectivity index (χ4n) is 2.91. The van der Waals surface area contributed by atoms with E-state index in [1.165, 1.54) is 30.6 Å². The summed E-state index contributed by atoms with van der Waals surface area (Å²) < 4.78 is 2.40. The molecule has 2 aromatic rings. The van der Waals surface area contributed by atoms with Crippen molar-refractivity contribution in [3.8, 4) is 0 Å². The second kappa shape index (κ2) is 6.78. The molecule has 0 bridgehead atoms. The van der Waals surface area contributed by atoms with Crippen LogP contribution in [0.5, 0.6) is 0 Å². The molecule has 0 unspecified atom stereocenters. The number of imidazole rings is 1. The molecule has 0 aliphatic heterocycles. The van der Waals surface area contributed by atoms with E-state index in [4.69, 9.17) is 10.7 Å². The highest BCUT2D eigenvalue weighted by Crippen LogP contribution is 2.29. The third-order valence-electron chi connectivity index (χ3n) is 4.18. The summed E-state index contributed by atoms with van der Waals surface area (Å²) in [4.78, 5) is 4.87. The van der Waals surface area contributed by atoms with Crippen LogP contribution in [0, 0.1) is 0 Å².